The van der Waals surface area contributed by atoms with Gasteiger partial charge in [0, 0.05) is 18.2 Å². The molecule has 2 rings (SSSR count). The van der Waals surface area contributed by atoms with Crippen LogP contribution in [0.5, 0.6) is 0 Å². The Hall–Kier alpha value is -1.31. The van der Waals surface area contributed by atoms with Crippen LogP contribution >= 0.6 is 11.6 Å². The fourth-order valence-electron chi connectivity index (χ4n) is 2.26. The highest BCUT2D eigenvalue weighted by molar-refractivity contribution is 7.92. The van der Waals surface area contributed by atoms with Crippen molar-refractivity contribution < 1.29 is 18.3 Å². The number of carbonyl (C=O) groups excluding carboxylic acids is 1. The molecule has 0 spiro atoms. The zero-order valence-electron chi connectivity index (χ0n) is 12.3. The normalized spacial score (nSPS) is 18.8. The summed E-state index contributed by atoms with van der Waals surface area (Å²) >= 11 is 6.12. The minimum atomic E-state index is -3.39. The summed E-state index contributed by atoms with van der Waals surface area (Å²) in [6.07, 6.45) is 1.39. The molecule has 0 aromatic heterocycles. The monoisotopic (exact) mass is 346 g/mol. The zero-order chi connectivity index (χ0) is 16.3. The van der Waals surface area contributed by atoms with Crippen LogP contribution in [0.15, 0.2) is 18.2 Å². The molecule has 8 heteroatoms. The minimum Gasteiger partial charge on any atom is -0.394 e. The Kier molecular flexibility index (Phi) is 5.31. The first-order valence-corrected chi connectivity index (χ1v) is 9.05. The molecule has 0 saturated carbocycles. The first kappa shape index (κ1) is 17.1. The van der Waals surface area contributed by atoms with Crippen molar-refractivity contribution in [2.45, 2.75) is 25.8 Å². The lowest BCUT2D eigenvalue weighted by Gasteiger charge is -2.29. The van der Waals surface area contributed by atoms with Gasteiger partial charge in [0.1, 0.15) is 0 Å². The van der Waals surface area contributed by atoms with Gasteiger partial charge in [-0.15, -0.1) is 0 Å². The van der Waals surface area contributed by atoms with E-state index in [-0.39, 0.29) is 29.3 Å². The quantitative estimate of drug-likeness (QED) is 0.862. The second-order valence-electron chi connectivity index (χ2n) is 5.32. The third kappa shape index (κ3) is 3.71. The fourth-order valence-corrected chi connectivity index (χ4v) is 4.17. The van der Waals surface area contributed by atoms with E-state index in [0.29, 0.717) is 24.2 Å². The Bertz CT molecular complexity index is 663. The van der Waals surface area contributed by atoms with E-state index in [4.69, 9.17) is 16.7 Å². The van der Waals surface area contributed by atoms with E-state index in [9.17, 15) is 13.2 Å². The molecule has 0 aliphatic carbocycles. The van der Waals surface area contributed by atoms with Crippen LogP contribution in [-0.2, 0) is 10.0 Å². The highest BCUT2D eigenvalue weighted by Crippen LogP contribution is 2.31. The number of aliphatic hydroxyl groups is 1. The molecule has 1 aliphatic rings. The van der Waals surface area contributed by atoms with Crippen LogP contribution in [0.1, 0.15) is 30.1 Å². The molecule has 22 heavy (non-hydrogen) atoms. The van der Waals surface area contributed by atoms with E-state index in [0.717, 1.165) is 6.42 Å². The zero-order valence-corrected chi connectivity index (χ0v) is 13.8. The van der Waals surface area contributed by atoms with Gasteiger partial charge in [-0.05, 0) is 38.0 Å². The molecule has 0 unspecified atom stereocenters. The maximum absolute atomic E-state index is 12.2. The molecule has 1 fully saturated rings. The van der Waals surface area contributed by atoms with Crippen molar-refractivity contribution in [3.8, 4) is 0 Å². The molecule has 1 saturated heterocycles. The molecule has 1 atom stereocenters. The molecule has 0 bridgehead atoms. The van der Waals surface area contributed by atoms with E-state index in [1.165, 1.54) is 22.5 Å². The largest absolute Gasteiger partial charge is 0.394 e. The maximum Gasteiger partial charge on any atom is 0.251 e. The summed E-state index contributed by atoms with van der Waals surface area (Å²) < 4.78 is 25.6. The lowest BCUT2D eigenvalue weighted by atomic mass is 10.1. The van der Waals surface area contributed by atoms with Crippen molar-refractivity contribution in [1.82, 2.24) is 5.32 Å². The maximum atomic E-state index is 12.2. The molecule has 2 N–H and O–H groups in total. The van der Waals surface area contributed by atoms with Crippen molar-refractivity contribution in [1.29, 1.82) is 0 Å². The van der Waals surface area contributed by atoms with E-state index < -0.39 is 10.0 Å². The average molecular weight is 347 g/mol. The molecule has 1 heterocycles. The van der Waals surface area contributed by atoms with Gasteiger partial charge in [0.05, 0.1) is 23.1 Å². The van der Waals surface area contributed by atoms with Crippen LogP contribution < -0.4 is 9.62 Å². The number of nitrogens with one attached hydrogen (secondary N) is 1. The van der Waals surface area contributed by atoms with Crippen LogP contribution in [0, 0.1) is 0 Å². The third-order valence-electron chi connectivity index (χ3n) is 3.48. The molecule has 6 nitrogen and oxygen atoms in total. The van der Waals surface area contributed by atoms with Crippen LogP contribution in [0.25, 0.3) is 0 Å². The summed E-state index contributed by atoms with van der Waals surface area (Å²) in [4.78, 5) is 12.1. The Balaban J connectivity index is 2.33. The summed E-state index contributed by atoms with van der Waals surface area (Å²) in [6.45, 7) is 1.86. The second-order valence-corrected chi connectivity index (χ2v) is 7.74. The minimum absolute atomic E-state index is 0.0846. The number of sulfonamides is 1. The molecule has 1 aromatic carbocycles. The van der Waals surface area contributed by atoms with Gasteiger partial charge in [0.25, 0.3) is 5.91 Å². The number of hydrogen-bond donors (Lipinski definition) is 2. The number of anilines is 1. The van der Waals surface area contributed by atoms with Crippen molar-refractivity contribution >= 4 is 33.2 Å². The number of amides is 1. The number of carbonyl (C=O) groups is 1. The van der Waals surface area contributed by atoms with Gasteiger partial charge >= 0.3 is 0 Å². The topological polar surface area (TPSA) is 86.7 Å². The van der Waals surface area contributed by atoms with Crippen LogP contribution in [0.3, 0.4) is 0 Å². The molecule has 1 aliphatic heterocycles. The van der Waals surface area contributed by atoms with Gasteiger partial charge in [0.15, 0.2) is 0 Å². The van der Waals surface area contributed by atoms with Gasteiger partial charge in [-0.25, -0.2) is 8.42 Å². The predicted octanol–water partition coefficient (Wildman–Crippen LogP) is 1.38. The van der Waals surface area contributed by atoms with E-state index in [1.54, 1.807) is 6.92 Å². The van der Waals surface area contributed by atoms with Crippen molar-refractivity contribution in [3.63, 3.8) is 0 Å². The van der Waals surface area contributed by atoms with Crippen LogP contribution in [-0.4, -0.2) is 44.4 Å². The van der Waals surface area contributed by atoms with Gasteiger partial charge in [-0.3, -0.25) is 9.10 Å². The number of aliphatic hydroxyl groups excluding tert-OH is 1. The molecule has 0 radical (unpaired) electrons. The average Bonchev–Trinajstić information content (AvgIpc) is 2.47. The summed E-state index contributed by atoms with van der Waals surface area (Å²) in [5, 5.41) is 11.9. The number of hydrogen-bond acceptors (Lipinski definition) is 4. The predicted molar refractivity (Wildman–Crippen MR) is 85.8 cm³/mol. The second kappa shape index (κ2) is 6.85. The van der Waals surface area contributed by atoms with Crippen LogP contribution in [0.2, 0.25) is 5.02 Å². The highest BCUT2D eigenvalue weighted by atomic mass is 35.5. The number of rotatable bonds is 4. The van der Waals surface area contributed by atoms with Gasteiger partial charge in [-0.2, -0.15) is 0 Å². The Labute approximate surface area is 135 Å². The first-order chi connectivity index (χ1) is 10.3. The molecular weight excluding hydrogens is 328 g/mol. The first-order valence-electron chi connectivity index (χ1n) is 7.07. The summed E-state index contributed by atoms with van der Waals surface area (Å²) in [6, 6.07) is 4.14. The molecular formula is C14H19ClN2O4S. The number of nitrogens with zero attached hydrogens (tertiary/aromatic N) is 1. The van der Waals surface area contributed by atoms with Crippen molar-refractivity contribution in [2.24, 2.45) is 0 Å². The van der Waals surface area contributed by atoms with E-state index >= 15 is 0 Å². The number of halogens is 1. The van der Waals surface area contributed by atoms with Crippen LogP contribution in [0.4, 0.5) is 5.69 Å². The fraction of sp³-hybridized carbons (Fsp3) is 0.500. The van der Waals surface area contributed by atoms with Gasteiger partial charge < -0.3 is 10.4 Å². The van der Waals surface area contributed by atoms with E-state index in [1.807, 2.05) is 0 Å². The Morgan fingerprint density at radius 2 is 2.18 bits per heavy atom. The Morgan fingerprint density at radius 1 is 1.45 bits per heavy atom. The van der Waals surface area contributed by atoms with Crippen molar-refractivity contribution in [3.05, 3.63) is 28.8 Å². The summed E-state index contributed by atoms with van der Waals surface area (Å²) in [5.74, 6) is -0.296. The lowest BCUT2D eigenvalue weighted by Crippen LogP contribution is -2.38. The molecule has 1 amide bonds. The lowest BCUT2D eigenvalue weighted by molar-refractivity contribution is 0.0922. The summed E-state index contributed by atoms with van der Waals surface area (Å²) in [7, 11) is -3.39. The number of benzene rings is 1. The van der Waals surface area contributed by atoms with Crippen molar-refractivity contribution in [2.75, 3.05) is 23.2 Å². The smallest absolute Gasteiger partial charge is 0.251 e. The highest BCUT2D eigenvalue weighted by Gasteiger charge is 2.28. The molecule has 122 valence electrons. The Morgan fingerprint density at radius 3 is 2.82 bits per heavy atom. The molecule has 1 aromatic rings. The van der Waals surface area contributed by atoms with Gasteiger partial charge in [-0.1, -0.05) is 11.6 Å². The van der Waals surface area contributed by atoms with Gasteiger partial charge in [0.2, 0.25) is 10.0 Å². The third-order valence-corrected chi connectivity index (χ3v) is 5.65. The SMILES string of the molecule is C[C@@H](CO)NC(=O)c1ccc(Cl)c(N2CCCCS2(=O)=O)c1. The standard InChI is InChI=1S/C14H19ClN2O4S/c1-10(9-18)16-14(19)11-4-5-12(15)13(8-11)17-6-2-3-7-22(17,20)21/h4-5,8,10,18H,2-3,6-7,9H2,1H3,(H,16,19)/t10-/m0/s1. The summed E-state index contributed by atoms with van der Waals surface area (Å²) in [5.41, 5.74) is 0.631. The van der Waals surface area contributed by atoms with E-state index in [2.05, 4.69) is 5.32 Å².